The van der Waals surface area contributed by atoms with E-state index in [1.807, 2.05) is 6.92 Å². The summed E-state index contributed by atoms with van der Waals surface area (Å²) in [5.41, 5.74) is 7.93. The summed E-state index contributed by atoms with van der Waals surface area (Å²) in [6.07, 6.45) is 4.23. The zero-order chi connectivity index (χ0) is 14.3. The average Bonchev–Trinajstić information content (AvgIpc) is 2.41. The molecule has 1 aromatic carbocycles. The Kier molecular flexibility index (Phi) is 7.25. The van der Waals surface area contributed by atoms with Gasteiger partial charge in [-0.3, -0.25) is 0 Å². The van der Waals surface area contributed by atoms with Gasteiger partial charge in [0.25, 0.3) is 0 Å². The molecule has 0 amide bonds. The van der Waals surface area contributed by atoms with Crippen LogP contribution in [0.1, 0.15) is 56.6 Å². The first-order chi connectivity index (χ1) is 9.13. The highest BCUT2D eigenvalue weighted by Crippen LogP contribution is 2.36. The molecule has 0 aliphatic rings. The number of halogens is 1. The molecule has 0 spiro atoms. The van der Waals surface area contributed by atoms with Crippen LogP contribution in [0.25, 0.3) is 0 Å². The quantitative estimate of drug-likeness (QED) is 0.752. The first kappa shape index (κ1) is 16.3. The fourth-order valence-corrected chi connectivity index (χ4v) is 2.44. The number of hydrogen-bond donors (Lipinski definition) is 1. The van der Waals surface area contributed by atoms with Crippen LogP contribution in [-0.4, -0.2) is 13.2 Å². The maximum atomic E-state index is 6.27. The minimum absolute atomic E-state index is 0.480. The lowest BCUT2D eigenvalue weighted by Gasteiger charge is -2.20. The van der Waals surface area contributed by atoms with Gasteiger partial charge in [0.1, 0.15) is 5.75 Å². The molecule has 19 heavy (non-hydrogen) atoms. The monoisotopic (exact) mass is 283 g/mol. The van der Waals surface area contributed by atoms with Crippen molar-refractivity contribution in [3.63, 3.8) is 0 Å². The normalized spacial score (nSPS) is 12.5. The molecular weight excluding hydrogens is 258 g/mol. The molecule has 0 saturated carbocycles. The smallest absolute Gasteiger partial charge is 0.123 e. The van der Waals surface area contributed by atoms with Gasteiger partial charge in [0.05, 0.1) is 6.61 Å². The molecule has 0 heterocycles. The highest BCUT2D eigenvalue weighted by molar-refractivity contribution is 6.31. The zero-order valence-electron chi connectivity index (χ0n) is 12.3. The predicted molar refractivity (Wildman–Crippen MR) is 83.3 cm³/mol. The molecule has 108 valence electrons. The molecular formula is C16H26ClNO. The van der Waals surface area contributed by atoms with Gasteiger partial charge in [-0.2, -0.15) is 0 Å². The first-order valence-electron chi connectivity index (χ1n) is 7.26. The molecule has 0 saturated heterocycles. The molecule has 1 unspecified atom stereocenters. The van der Waals surface area contributed by atoms with Gasteiger partial charge in [0.15, 0.2) is 0 Å². The van der Waals surface area contributed by atoms with Crippen molar-refractivity contribution in [3.05, 3.63) is 28.3 Å². The summed E-state index contributed by atoms with van der Waals surface area (Å²) in [6.45, 7) is 7.83. The van der Waals surface area contributed by atoms with Crippen LogP contribution >= 0.6 is 11.6 Å². The lowest BCUT2D eigenvalue weighted by atomic mass is 9.90. The third-order valence-electron chi connectivity index (χ3n) is 3.44. The predicted octanol–water partition coefficient (Wildman–Crippen LogP) is 4.67. The highest BCUT2D eigenvalue weighted by atomic mass is 35.5. The number of rotatable bonds is 8. The Morgan fingerprint density at radius 1 is 1.32 bits per heavy atom. The Morgan fingerprint density at radius 2 is 2.05 bits per heavy atom. The van der Waals surface area contributed by atoms with Gasteiger partial charge >= 0.3 is 0 Å². The van der Waals surface area contributed by atoms with Gasteiger partial charge in [0, 0.05) is 5.02 Å². The van der Waals surface area contributed by atoms with Crippen LogP contribution in [-0.2, 0) is 0 Å². The molecule has 0 aliphatic carbocycles. The topological polar surface area (TPSA) is 35.2 Å². The van der Waals surface area contributed by atoms with E-state index in [2.05, 4.69) is 26.0 Å². The van der Waals surface area contributed by atoms with Crippen molar-refractivity contribution < 1.29 is 4.74 Å². The van der Waals surface area contributed by atoms with Crippen LogP contribution < -0.4 is 10.5 Å². The molecule has 1 atom stereocenters. The second-order valence-corrected chi connectivity index (χ2v) is 5.43. The van der Waals surface area contributed by atoms with Crippen LogP contribution in [0.15, 0.2) is 12.1 Å². The maximum absolute atomic E-state index is 6.27. The summed E-state index contributed by atoms with van der Waals surface area (Å²) in [4.78, 5) is 0. The van der Waals surface area contributed by atoms with Gasteiger partial charge in [-0.05, 0) is 68.3 Å². The van der Waals surface area contributed by atoms with E-state index in [1.54, 1.807) is 0 Å². The van der Waals surface area contributed by atoms with Crippen LogP contribution in [0.4, 0.5) is 0 Å². The number of hydrogen-bond acceptors (Lipinski definition) is 2. The van der Waals surface area contributed by atoms with E-state index < -0.39 is 0 Å². The van der Waals surface area contributed by atoms with E-state index in [4.69, 9.17) is 22.1 Å². The van der Waals surface area contributed by atoms with E-state index in [0.29, 0.717) is 5.92 Å². The molecule has 0 aromatic heterocycles. The lowest BCUT2D eigenvalue weighted by molar-refractivity contribution is 0.310. The Bertz CT molecular complexity index is 393. The molecule has 1 aromatic rings. The third kappa shape index (κ3) is 4.70. The van der Waals surface area contributed by atoms with Crippen molar-refractivity contribution >= 4 is 11.6 Å². The second kappa shape index (κ2) is 8.44. The largest absolute Gasteiger partial charge is 0.493 e. The number of aryl methyl sites for hydroxylation is 1. The molecule has 2 N–H and O–H groups in total. The number of benzene rings is 1. The fraction of sp³-hybridized carbons (Fsp3) is 0.625. The van der Waals surface area contributed by atoms with Gasteiger partial charge in [0.2, 0.25) is 0 Å². The standard InChI is InChI=1S/C16H26ClNO/c1-4-9-19-16-10-12(3)15(17)11-14(16)13(5-2)7-6-8-18/h10-11,13H,4-9,18H2,1-3H3. The van der Waals surface area contributed by atoms with Gasteiger partial charge in [-0.25, -0.2) is 0 Å². The van der Waals surface area contributed by atoms with Crippen molar-refractivity contribution in [2.24, 2.45) is 5.73 Å². The summed E-state index contributed by atoms with van der Waals surface area (Å²) < 4.78 is 5.90. The third-order valence-corrected chi connectivity index (χ3v) is 3.85. The fourth-order valence-electron chi connectivity index (χ4n) is 2.27. The van der Waals surface area contributed by atoms with Crippen molar-refractivity contribution in [2.75, 3.05) is 13.2 Å². The summed E-state index contributed by atoms with van der Waals surface area (Å²) in [6, 6.07) is 4.14. The Labute approximate surface area is 122 Å². The van der Waals surface area contributed by atoms with Gasteiger partial charge in [-0.15, -0.1) is 0 Å². The first-order valence-corrected chi connectivity index (χ1v) is 7.64. The summed E-state index contributed by atoms with van der Waals surface area (Å²) in [7, 11) is 0. The Balaban J connectivity index is 3.02. The Hall–Kier alpha value is -0.730. The highest BCUT2D eigenvalue weighted by Gasteiger charge is 2.16. The molecule has 1 rings (SSSR count). The van der Waals surface area contributed by atoms with E-state index in [9.17, 15) is 0 Å². The molecule has 0 radical (unpaired) electrons. The van der Waals surface area contributed by atoms with E-state index in [0.717, 1.165) is 55.2 Å². The Morgan fingerprint density at radius 3 is 2.63 bits per heavy atom. The summed E-state index contributed by atoms with van der Waals surface area (Å²) >= 11 is 6.27. The second-order valence-electron chi connectivity index (χ2n) is 5.02. The van der Waals surface area contributed by atoms with E-state index in [1.165, 1.54) is 5.56 Å². The maximum Gasteiger partial charge on any atom is 0.123 e. The minimum atomic E-state index is 0.480. The number of ether oxygens (including phenoxy) is 1. The van der Waals surface area contributed by atoms with Crippen molar-refractivity contribution in [3.8, 4) is 5.75 Å². The molecule has 0 bridgehead atoms. The molecule has 2 nitrogen and oxygen atoms in total. The van der Waals surface area contributed by atoms with Crippen molar-refractivity contribution in [1.29, 1.82) is 0 Å². The van der Waals surface area contributed by atoms with Crippen molar-refractivity contribution in [2.45, 2.75) is 52.4 Å². The van der Waals surface area contributed by atoms with Gasteiger partial charge in [-0.1, -0.05) is 25.4 Å². The van der Waals surface area contributed by atoms with Crippen LogP contribution in [0.2, 0.25) is 5.02 Å². The van der Waals surface area contributed by atoms with E-state index >= 15 is 0 Å². The zero-order valence-corrected chi connectivity index (χ0v) is 13.1. The molecule has 3 heteroatoms. The lowest BCUT2D eigenvalue weighted by Crippen LogP contribution is -2.07. The summed E-state index contributed by atoms with van der Waals surface area (Å²) in [5.74, 6) is 1.47. The summed E-state index contributed by atoms with van der Waals surface area (Å²) in [5, 5.41) is 0.824. The number of nitrogens with two attached hydrogens (primary N) is 1. The SMILES string of the molecule is CCCOc1cc(C)c(Cl)cc1C(CC)CCCN. The average molecular weight is 284 g/mol. The van der Waals surface area contributed by atoms with Crippen LogP contribution in [0, 0.1) is 6.92 Å². The van der Waals surface area contributed by atoms with Crippen molar-refractivity contribution in [1.82, 2.24) is 0 Å². The molecule has 0 fully saturated rings. The van der Waals surface area contributed by atoms with E-state index in [-0.39, 0.29) is 0 Å². The molecule has 0 aliphatic heterocycles. The van der Waals surface area contributed by atoms with Crippen LogP contribution in [0.5, 0.6) is 5.75 Å². The van der Waals surface area contributed by atoms with Gasteiger partial charge < -0.3 is 10.5 Å². The minimum Gasteiger partial charge on any atom is -0.493 e. The van der Waals surface area contributed by atoms with Crippen LogP contribution in [0.3, 0.4) is 0 Å².